The van der Waals surface area contributed by atoms with Gasteiger partial charge in [0.15, 0.2) is 17.6 Å². The van der Waals surface area contributed by atoms with Crippen molar-refractivity contribution >= 4 is 17.5 Å². The minimum absolute atomic E-state index is 0.0192. The average molecular weight is 366 g/mol. The number of carbonyl (C=O) groups is 1. The van der Waals surface area contributed by atoms with Crippen LogP contribution in [0.3, 0.4) is 0 Å². The van der Waals surface area contributed by atoms with E-state index < -0.39 is 0 Å². The lowest BCUT2D eigenvalue weighted by atomic mass is 10.2. The molecule has 0 saturated carbocycles. The summed E-state index contributed by atoms with van der Waals surface area (Å²) in [5.41, 5.74) is 0.630. The van der Waals surface area contributed by atoms with Crippen LogP contribution < -0.4 is 9.47 Å². The molecule has 3 rings (SSSR count). The Bertz CT molecular complexity index is 749. The summed E-state index contributed by atoms with van der Waals surface area (Å²) in [4.78, 5) is 14.0. The highest BCUT2D eigenvalue weighted by Gasteiger charge is 2.26. The first-order chi connectivity index (χ1) is 12.1. The summed E-state index contributed by atoms with van der Waals surface area (Å²) in [5, 5.41) is 4.82. The minimum atomic E-state index is -0.279. The van der Waals surface area contributed by atoms with Crippen molar-refractivity contribution in [3.05, 3.63) is 41.2 Å². The second-order valence-electron chi connectivity index (χ2n) is 5.80. The number of amides is 1. The molecular formula is C17H20ClN3O4. The summed E-state index contributed by atoms with van der Waals surface area (Å²) in [5.74, 6) is 1.22. The lowest BCUT2D eigenvalue weighted by Crippen LogP contribution is -2.44. The van der Waals surface area contributed by atoms with E-state index in [0.29, 0.717) is 35.4 Å². The number of aryl methyl sites for hydroxylation is 1. The fourth-order valence-electron chi connectivity index (χ4n) is 2.66. The third-order valence-corrected chi connectivity index (χ3v) is 4.12. The van der Waals surface area contributed by atoms with Gasteiger partial charge >= 0.3 is 0 Å². The van der Waals surface area contributed by atoms with Crippen LogP contribution in [0.15, 0.2) is 30.5 Å². The van der Waals surface area contributed by atoms with Crippen LogP contribution >= 0.6 is 11.6 Å². The number of para-hydroxylation sites is 2. The Morgan fingerprint density at radius 1 is 1.44 bits per heavy atom. The Labute approximate surface area is 151 Å². The Hall–Kier alpha value is -2.25. The number of hydrogen-bond donors (Lipinski definition) is 0. The van der Waals surface area contributed by atoms with Gasteiger partial charge in [-0.15, -0.1) is 0 Å². The molecular weight excluding hydrogens is 346 g/mol. The van der Waals surface area contributed by atoms with Crippen molar-refractivity contribution in [2.24, 2.45) is 7.05 Å². The standard InChI is InChI=1S/C17H20ClN3O4/c1-20-8-13(18)14(19-20)9-21(17(22)11-23-2)7-12-10-24-15-5-3-4-6-16(15)25-12/h3-6,8,12H,7,9-11H2,1-2H3/t12-/m1/s1. The third kappa shape index (κ3) is 4.24. The molecule has 0 saturated heterocycles. The van der Waals surface area contributed by atoms with Gasteiger partial charge in [0.1, 0.15) is 18.9 Å². The van der Waals surface area contributed by atoms with E-state index in [0.717, 1.165) is 0 Å². The number of nitrogens with zero attached hydrogens (tertiary/aromatic N) is 3. The molecule has 7 nitrogen and oxygen atoms in total. The summed E-state index contributed by atoms with van der Waals surface area (Å²) < 4.78 is 18.3. The molecule has 1 aromatic carbocycles. The van der Waals surface area contributed by atoms with Gasteiger partial charge in [-0.1, -0.05) is 23.7 Å². The molecule has 1 aliphatic rings. The number of rotatable bonds is 6. The molecule has 0 bridgehead atoms. The molecule has 1 aromatic heterocycles. The van der Waals surface area contributed by atoms with Gasteiger partial charge in [-0.25, -0.2) is 0 Å². The van der Waals surface area contributed by atoms with Crippen molar-refractivity contribution in [3.63, 3.8) is 0 Å². The number of hydrogen-bond acceptors (Lipinski definition) is 5. The van der Waals surface area contributed by atoms with Gasteiger partial charge in [-0.05, 0) is 12.1 Å². The maximum atomic E-state index is 12.4. The highest BCUT2D eigenvalue weighted by molar-refractivity contribution is 6.31. The fourth-order valence-corrected chi connectivity index (χ4v) is 2.90. The smallest absolute Gasteiger partial charge is 0.249 e. The zero-order valence-corrected chi connectivity index (χ0v) is 14.9. The molecule has 2 aromatic rings. The molecule has 0 aliphatic carbocycles. The normalized spacial score (nSPS) is 15.9. The lowest BCUT2D eigenvalue weighted by molar-refractivity contribution is -0.137. The van der Waals surface area contributed by atoms with Gasteiger partial charge in [0.25, 0.3) is 0 Å². The molecule has 8 heteroatoms. The van der Waals surface area contributed by atoms with E-state index in [9.17, 15) is 4.79 Å². The summed E-state index contributed by atoms with van der Waals surface area (Å²) >= 11 is 6.17. The van der Waals surface area contributed by atoms with Gasteiger partial charge in [0, 0.05) is 20.4 Å². The van der Waals surface area contributed by atoms with Crippen molar-refractivity contribution in [3.8, 4) is 11.5 Å². The molecule has 0 spiro atoms. The number of ether oxygens (including phenoxy) is 3. The van der Waals surface area contributed by atoms with Gasteiger partial charge in [0.05, 0.1) is 18.1 Å². The van der Waals surface area contributed by atoms with Crippen LogP contribution in [0, 0.1) is 0 Å². The third-order valence-electron chi connectivity index (χ3n) is 3.81. The van der Waals surface area contributed by atoms with Crippen molar-refractivity contribution in [2.45, 2.75) is 12.6 Å². The number of methoxy groups -OCH3 is 1. The Kier molecular flexibility index (Phi) is 5.45. The van der Waals surface area contributed by atoms with Crippen LogP contribution in [0.2, 0.25) is 5.02 Å². The van der Waals surface area contributed by atoms with E-state index in [2.05, 4.69) is 5.10 Å². The topological polar surface area (TPSA) is 65.8 Å². The predicted molar refractivity (Wildman–Crippen MR) is 91.9 cm³/mol. The zero-order valence-electron chi connectivity index (χ0n) is 14.1. The number of benzene rings is 1. The van der Waals surface area contributed by atoms with Crippen molar-refractivity contribution < 1.29 is 19.0 Å². The SMILES string of the molecule is COCC(=O)N(Cc1nn(C)cc1Cl)C[C@@H]1COc2ccccc2O1. The van der Waals surface area contributed by atoms with E-state index in [1.165, 1.54) is 7.11 Å². The number of halogens is 1. The van der Waals surface area contributed by atoms with Gasteiger partial charge in [0.2, 0.25) is 5.91 Å². The monoisotopic (exact) mass is 365 g/mol. The van der Waals surface area contributed by atoms with Gasteiger partial charge < -0.3 is 19.1 Å². The van der Waals surface area contributed by atoms with E-state index >= 15 is 0 Å². The molecule has 1 atom stereocenters. The van der Waals surface area contributed by atoms with Crippen LogP contribution in [0.5, 0.6) is 11.5 Å². The Morgan fingerprint density at radius 2 is 2.20 bits per heavy atom. The summed E-state index contributed by atoms with van der Waals surface area (Å²) in [6, 6.07) is 7.47. The van der Waals surface area contributed by atoms with Gasteiger partial charge in [-0.2, -0.15) is 5.10 Å². The summed E-state index contributed by atoms with van der Waals surface area (Å²) in [6.07, 6.45) is 1.42. The van der Waals surface area contributed by atoms with E-state index in [-0.39, 0.29) is 25.2 Å². The highest BCUT2D eigenvalue weighted by atomic mass is 35.5. The van der Waals surface area contributed by atoms with Gasteiger partial charge in [-0.3, -0.25) is 9.48 Å². The van der Waals surface area contributed by atoms with Crippen LogP contribution in [-0.4, -0.2) is 53.6 Å². The first kappa shape index (κ1) is 17.6. The molecule has 1 amide bonds. The maximum Gasteiger partial charge on any atom is 0.249 e. The van der Waals surface area contributed by atoms with E-state index in [4.69, 9.17) is 25.8 Å². The average Bonchev–Trinajstić information content (AvgIpc) is 2.91. The molecule has 0 unspecified atom stereocenters. The summed E-state index contributed by atoms with van der Waals surface area (Å²) in [6.45, 7) is 0.977. The van der Waals surface area contributed by atoms with Crippen LogP contribution in [0.1, 0.15) is 5.69 Å². The summed E-state index contributed by atoms with van der Waals surface area (Å²) in [7, 11) is 3.27. The molecule has 1 aliphatic heterocycles. The second-order valence-corrected chi connectivity index (χ2v) is 6.21. The highest BCUT2D eigenvalue weighted by Crippen LogP contribution is 2.31. The molecule has 0 fully saturated rings. The minimum Gasteiger partial charge on any atom is -0.486 e. The first-order valence-electron chi connectivity index (χ1n) is 7.90. The largest absolute Gasteiger partial charge is 0.486 e. The molecule has 2 heterocycles. The van der Waals surface area contributed by atoms with Crippen molar-refractivity contribution in [1.29, 1.82) is 0 Å². The van der Waals surface area contributed by atoms with Crippen LogP contribution in [-0.2, 0) is 23.1 Å². The number of fused-ring (bicyclic) bond motifs is 1. The maximum absolute atomic E-state index is 12.4. The predicted octanol–water partition coefficient (Wildman–Crippen LogP) is 1.89. The Morgan fingerprint density at radius 3 is 2.88 bits per heavy atom. The Balaban J connectivity index is 1.72. The molecule has 134 valence electrons. The van der Waals surface area contributed by atoms with Crippen LogP contribution in [0.25, 0.3) is 0 Å². The molecule has 0 N–H and O–H groups in total. The first-order valence-corrected chi connectivity index (χ1v) is 8.28. The van der Waals surface area contributed by atoms with E-state index in [1.54, 1.807) is 22.8 Å². The van der Waals surface area contributed by atoms with Crippen molar-refractivity contribution in [2.75, 3.05) is 26.9 Å². The molecule has 25 heavy (non-hydrogen) atoms. The second kappa shape index (κ2) is 7.76. The van der Waals surface area contributed by atoms with Crippen LogP contribution in [0.4, 0.5) is 0 Å². The fraction of sp³-hybridized carbons (Fsp3) is 0.412. The van der Waals surface area contributed by atoms with E-state index in [1.807, 2.05) is 24.3 Å². The number of aromatic nitrogens is 2. The quantitative estimate of drug-likeness (QED) is 0.782. The number of carbonyl (C=O) groups excluding carboxylic acids is 1. The molecule has 0 radical (unpaired) electrons. The zero-order chi connectivity index (χ0) is 17.8. The lowest BCUT2D eigenvalue weighted by Gasteiger charge is -2.31. The van der Waals surface area contributed by atoms with Crippen molar-refractivity contribution in [1.82, 2.24) is 14.7 Å².